The molecule has 2 aromatic rings. The van der Waals surface area contributed by atoms with Gasteiger partial charge in [-0.05, 0) is 55.4 Å². The molecule has 2 bridgehead atoms. The van der Waals surface area contributed by atoms with Crippen LogP contribution in [0.15, 0.2) is 42.5 Å². The molecule has 7 heteroatoms. The Labute approximate surface area is 180 Å². The fourth-order valence-corrected chi connectivity index (χ4v) is 5.61. The monoisotopic (exact) mass is 420 g/mol. The summed E-state index contributed by atoms with van der Waals surface area (Å²) in [7, 11) is 3.05. The Bertz CT molecular complexity index is 1050. The smallest absolute Gasteiger partial charge is 0.257 e. The van der Waals surface area contributed by atoms with Crippen LogP contribution in [0.25, 0.3) is 0 Å². The molecule has 4 atom stereocenters. The van der Waals surface area contributed by atoms with Crippen LogP contribution < -0.4 is 19.7 Å². The highest BCUT2D eigenvalue weighted by atomic mass is 16.5. The quantitative estimate of drug-likeness (QED) is 0.749. The first-order chi connectivity index (χ1) is 15.0. The Balaban J connectivity index is 1.47. The molecule has 2 aromatic carbocycles. The van der Waals surface area contributed by atoms with Crippen LogP contribution in [-0.4, -0.2) is 31.9 Å². The van der Waals surface area contributed by atoms with Crippen molar-refractivity contribution in [3.8, 4) is 11.5 Å². The van der Waals surface area contributed by atoms with Gasteiger partial charge in [0, 0.05) is 6.07 Å². The van der Waals surface area contributed by atoms with Gasteiger partial charge in [-0.2, -0.15) is 0 Å². The second-order valence-corrected chi connectivity index (χ2v) is 8.43. The molecule has 0 aromatic heterocycles. The Morgan fingerprint density at radius 1 is 0.968 bits per heavy atom. The zero-order chi connectivity index (χ0) is 21.7. The van der Waals surface area contributed by atoms with Crippen molar-refractivity contribution in [1.82, 2.24) is 0 Å². The van der Waals surface area contributed by atoms with Gasteiger partial charge in [0.1, 0.15) is 11.5 Å². The number of nitrogens with zero attached hydrogens (tertiary/aromatic N) is 1. The zero-order valence-corrected chi connectivity index (χ0v) is 17.5. The maximum atomic E-state index is 13.2. The van der Waals surface area contributed by atoms with E-state index in [1.165, 1.54) is 19.1 Å². The lowest BCUT2D eigenvalue weighted by Crippen LogP contribution is -2.34. The molecule has 2 saturated carbocycles. The zero-order valence-electron chi connectivity index (χ0n) is 17.5. The number of benzene rings is 2. The van der Waals surface area contributed by atoms with Crippen molar-refractivity contribution >= 4 is 29.1 Å². The lowest BCUT2D eigenvalue weighted by molar-refractivity contribution is -0.123. The number of anilines is 2. The molecule has 1 N–H and O–H groups in total. The molecule has 3 fully saturated rings. The van der Waals surface area contributed by atoms with E-state index in [4.69, 9.17) is 9.47 Å². The normalized spacial score (nSPS) is 26.2. The highest BCUT2D eigenvalue weighted by Crippen LogP contribution is 2.56. The first-order valence-corrected chi connectivity index (χ1v) is 10.5. The van der Waals surface area contributed by atoms with Gasteiger partial charge in [-0.3, -0.25) is 14.4 Å². The predicted molar refractivity (Wildman–Crippen MR) is 114 cm³/mol. The van der Waals surface area contributed by atoms with Crippen molar-refractivity contribution in [2.45, 2.75) is 19.3 Å². The first kappa shape index (κ1) is 19.6. The van der Waals surface area contributed by atoms with E-state index in [2.05, 4.69) is 5.32 Å². The van der Waals surface area contributed by atoms with Crippen molar-refractivity contribution in [3.63, 3.8) is 0 Å². The second kappa shape index (κ2) is 7.41. The van der Waals surface area contributed by atoms with Crippen molar-refractivity contribution in [3.05, 3.63) is 48.0 Å². The minimum Gasteiger partial charge on any atom is -0.497 e. The van der Waals surface area contributed by atoms with E-state index in [1.54, 1.807) is 42.5 Å². The van der Waals surface area contributed by atoms with Crippen LogP contribution in [0.3, 0.4) is 0 Å². The van der Waals surface area contributed by atoms with Crippen LogP contribution in [0.2, 0.25) is 0 Å². The number of hydrogen-bond acceptors (Lipinski definition) is 5. The molecule has 2 aliphatic carbocycles. The molecule has 0 radical (unpaired) electrons. The Morgan fingerprint density at radius 2 is 1.65 bits per heavy atom. The van der Waals surface area contributed by atoms with E-state index in [0.717, 1.165) is 19.3 Å². The van der Waals surface area contributed by atoms with Crippen molar-refractivity contribution in [2.75, 3.05) is 24.4 Å². The number of methoxy groups -OCH3 is 2. The van der Waals surface area contributed by atoms with Crippen LogP contribution in [0.4, 0.5) is 11.4 Å². The third kappa shape index (κ3) is 2.99. The molecule has 1 saturated heterocycles. The Hall–Kier alpha value is -3.35. The van der Waals surface area contributed by atoms with Gasteiger partial charge in [0.15, 0.2) is 0 Å². The molecule has 5 rings (SSSR count). The predicted octanol–water partition coefficient (Wildman–Crippen LogP) is 3.49. The van der Waals surface area contributed by atoms with E-state index in [9.17, 15) is 14.4 Å². The average Bonchev–Trinajstić information content (AvgIpc) is 3.47. The largest absolute Gasteiger partial charge is 0.497 e. The SMILES string of the molecule is COc1ccc(OC)c(NC(=O)c2ccccc2N2C(=O)[C@H]3[C@@H]4CC[C@@H](C4)[C@@H]3C2=O)c1. The molecule has 7 nitrogen and oxygen atoms in total. The number of imide groups is 1. The summed E-state index contributed by atoms with van der Waals surface area (Å²) in [6.45, 7) is 0. The topological polar surface area (TPSA) is 84.9 Å². The minimum absolute atomic E-state index is 0.165. The number of ether oxygens (including phenoxy) is 2. The van der Waals surface area contributed by atoms with Crippen LogP contribution in [0.1, 0.15) is 29.6 Å². The molecule has 0 unspecified atom stereocenters. The number of carbonyl (C=O) groups is 3. The molecule has 31 heavy (non-hydrogen) atoms. The number of amides is 3. The fourth-order valence-electron chi connectivity index (χ4n) is 5.61. The number of para-hydroxylation sites is 1. The number of hydrogen-bond donors (Lipinski definition) is 1. The van der Waals surface area contributed by atoms with Crippen molar-refractivity contribution < 1.29 is 23.9 Å². The molecule has 1 aliphatic heterocycles. The summed E-state index contributed by atoms with van der Waals surface area (Å²) >= 11 is 0. The van der Waals surface area contributed by atoms with Crippen LogP contribution in [0, 0.1) is 23.7 Å². The molecule has 1 heterocycles. The molecular weight excluding hydrogens is 396 g/mol. The minimum atomic E-state index is -0.428. The van der Waals surface area contributed by atoms with Gasteiger partial charge < -0.3 is 14.8 Å². The first-order valence-electron chi connectivity index (χ1n) is 10.5. The second-order valence-electron chi connectivity index (χ2n) is 8.43. The lowest BCUT2D eigenvalue weighted by Gasteiger charge is -2.20. The molecule has 3 aliphatic rings. The number of rotatable bonds is 5. The highest BCUT2D eigenvalue weighted by Gasteiger charge is 2.61. The fraction of sp³-hybridized carbons (Fsp3) is 0.375. The number of nitrogens with one attached hydrogen (secondary N) is 1. The molecular formula is C24H24N2O5. The number of fused-ring (bicyclic) bond motifs is 5. The van der Waals surface area contributed by atoms with Gasteiger partial charge in [0.2, 0.25) is 11.8 Å². The van der Waals surface area contributed by atoms with Gasteiger partial charge in [0.05, 0.1) is 43.0 Å². The molecule has 0 spiro atoms. The summed E-state index contributed by atoms with van der Waals surface area (Å²) in [6, 6.07) is 11.8. The number of carbonyl (C=O) groups excluding carboxylic acids is 3. The van der Waals surface area contributed by atoms with Crippen LogP contribution in [-0.2, 0) is 9.59 Å². The van der Waals surface area contributed by atoms with E-state index in [0.29, 0.717) is 34.7 Å². The highest BCUT2D eigenvalue weighted by molar-refractivity contribution is 6.25. The summed E-state index contributed by atoms with van der Waals surface area (Å²) in [4.78, 5) is 40.9. The van der Waals surface area contributed by atoms with E-state index in [-0.39, 0.29) is 29.2 Å². The average molecular weight is 420 g/mol. The third-order valence-electron chi connectivity index (χ3n) is 6.97. The standard InChI is InChI=1S/C24H24N2O5/c1-30-15-9-10-19(31-2)17(12-15)25-22(27)16-5-3-4-6-18(16)26-23(28)20-13-7-8-14(11-13)21(20)24(26)29/h3-6,9-10,12-14,20-21H,7-8,11H2,1-2H3,(H,25,27)/t13-,14+,20-,21-/m0/s1. The maximum Gasteiger partial charge on any atom is 0.257 e. The van der Waals surface area contributed by atoms with E-state index < -0.39 is 5.91 Å². The van der Waals surface area contributed by atoms with Crippen molar-refractivity contribution in [1.29, 1.82) is 0 Å². The van der Waals surface area contributed by atoms with Gasteiger partial charge >= 0.3 is 0 Å². The van der Waals surface area contributed by atoms with Crippen LogP contribution >= 0.6 is 0 Å². The Morgan fingerprint density at radius 3 is 2.29 bits per heavy atom. The van der Waals surface area contributed by atoms with Gasteiger partial charge in [-0.1, -0.05) is 12.1 Å². The van der Waals surface area contributed by atoms with Gasteiger partial charge in [-0.15, -0.1) is 0 Å². The van der Waals surface area contributed by atoms with Gasteiger partial charge in [-0.25, -0.2) is 4.90 Å². The van der Waals surface area contributed by atoms with E-state index in [1.807, 2.05) is 0 Å². The third-order valence-corrected chi connectivity index (χ3v) is 6.97. The maximum absolute atomic E-state index is 13.2. The molecule has 160 valence electrons. The summed E-state index contributed by atoms with van der Waals surface area (Å²) in [5.74, 6) is 0.396. The summed E-state index contributed by atoms with van der Waals surface area (Å²) < 4.78 is 10.6. The van der Waals surface area contributed by atoms with E-state index >= 15 is 0 Å². The van der Waals surface area contributed by atoms with Crippen LogP contribution in [0.5, 0.6) is 11.5 Å². The summed E-state index contributed by atoms with van der Waals surface area (Å²) in [6.07, 6.45) is 2.99. The summed E-state index contributed by atoms with van der Waals surface area (Å²) in [5, 5.41) is 2.83. The summed E-state index contributed by atoms with van der Waals surface area (Å²) in [5.41, 5.74) is 1.04. The van der Waals surface area contributed by atoms with Gasteiger partial charge in [0.25, 0.3) is 5.91 Å². The molecule has 3 amide bonds. The lowest BCUT2D eigenvalue weighted by atomic mass is 9.81. The van der Waals surface area contributed by atoms with Crippen molar-refractivity contribution in [2.24, 2.45) is 23.7 Å². The Kier molecular flexibility index (Phi) is 4.68.